The molecule has 8 heteroatoms. The highest BCUT2D eigenvalue weighted by Gasteiger charge is 2.13. The SMILES string of the molecule is CCN(CC)c1cc(N=NCc2cccc(C)c2)nc(OCCN2CCOCC2)n1. The first-order valence-electron chi connectivity index (χ1n) is 10.7. The number of nitrogens with zero attached hydrogens (tertiary/aromatic N) is 6. The number of hydrogen-bond donors (Lipinski definition) is 0. The Labute approximate surface area is 178 Å². The van der Waals surface area contributed by atoms with Crippen molar-refractivity contribution < 1.29 is 9.47 Å². The van der Waals surface area contributed by atoms with Crippen molar-refractivity contribution in [3.63, 3.8) is 0 Å². The Morgan fingerprint density at radius 1 is 1.13 bits per heavy atom. The first-order valence-corrected chi connectivity index (χ1v) is 10.7. The zero-order valence-electron chi connectivity index (χ0n) is 18.3. The topological polar surface area (TPSA) is 75.4 Å². The summed E-state index contributed by atoms with van der Waals surface area (Å²) in [4.78, 5) is 13.5. The number of ether oxygens (including phenoxy) is 2. The largest absolute Gasteiger partial charge is 0.462 e. The molecule has 0 saturated carbocycles. The highest BCUT2D eigenvalue weighted by atomic mass is 16.5. The van der Waals surface area contributed by atoms with Crippen molar-refractivity contribution in [2.45, 2.75) is 27.3 Å². The third kappa shape index (κ3) is 6.74. The molecule has 1 saturated heterocycles. The lowest BCUT2D eigenvalue weighted by atomic mass is 10.1. The Balaban J connectivity index is 1.68. The molecular weight excluding hydrogens is 380 g/mol. The Kier molecular flexibility index (Phi) is 8.53. The van der Waals surface area contributed by atoms with Crippen LogP contribution in [-0.4, -0.2) is 67.4 Å². The number of morpholine rings is 1. The number of azo groups is 1. The van der Waals surface area contributed by atoms with Crippen LogP contribution in [0, 0.1) is 6.92 Å². The second kappa shape index (κ2) is 11.6. The van der Waals surface area contributed by atoms with Gasteiger partial charge in [-0.25, -0.2) is 0 Å². The first-order chi connectivity index (χ1) is 14.7. The minimum Gasteiger partial charge on any atom is -0.462 e. The molecule has 0 N–H and O–H groups in total. The predicted molar refractivity (Wildman–Crippen MR) is 118 cm³/mol. The van der Waals surface area contributed by atoms with Crippen LogP contribution in [0.4, 0.5) is 11.6 Å². The van der Waals surface area contributed by atoms with Crippen molar-refractivity contribution in [1.29, 1.82) is 0 Å². The maximum Gasteiger partial charge on any atom is 0.320 e. The Hall–Kier alpha value is -2.58. The molecular formula is C22H32N6O2. The highest BCUT2D eigenvalue weighted by molar-refractivity contribution is 5.47. The molecule has 2 aromatic rings. The molecule has 0 unspecified atom stereocenters. The summed E-state index contributed by atoms with van der Waals surface area (Å²) < 4.78 is 11.3. The fraction of sp³-hybridized carbons (Fsp3) is 0.545. The Morgan fingerprint density at radius 3 is 2.67 bits per heavy atom. The van der Waals surface area contributed by atoms with Crippen LogP contribution in [-0.2, 0) is 11.3 Å². The molecule has 0 amide bonds. The number of benzene rings is 1. The van der Waals surface area contributed by atoms with Gasteiger partial charge in [0.1, 0.15) is 12.4 Å². The lowest BCUT2D eigenvalue weighted by molar-refractivity contribution is 0.0317. The van der Waals surface area contributed by atoms with Crippen LogP contribution in [0.2, 0.25) is 0 Å². The summed E-state index contributed by atoms with van der Waals surface area (Å²) in [5.41, 5.74) is 2.34. The zero-order chi connectivity index (χ0) is 21.2. The smallest absolute Gasteiger partial charge is 0.320 e. The van der Waals surface area contributed by atoms with Gasteiger partial charge in [-0.2, -0.15) is 15.1 Å². The molecule has 162 valence electrons. The third-order valence-electron chi connectivity index (χ3n) is 5.02. The molecule has 2 heterocycles. The quantitative estimate of drug-likeness (QED) is 0.555. The molecule has 0 radical (unpaired) electrons. The van der Waals surface area contributed by atoms with E-state index < -0.39 is 0 Å². The van der Waals surface area contributed by atoms with Crippen LogP contribution in [0.5, 0.6) is 6.01 Å². The molecule has 3 rings (SSSR count). The van der Waals surface area contributed by atoms with Crippen molar-refractivity contribution in [3.8, 4) is 6.01 Å². The van der Waals surface area contributed by atoms with Crippen LogP contribution < -0.4 is 9.64 Å². The van der Waals surface area contributed by atoms with Gasteiger partial charge < -0.3 is 14.4 Å². The summed E-state index contributed by atoms with van der Waals surface area (Å²) in [5.74, 6) is 1.32. The predicted octanol–water partition coefficient (Wildman–Crippen LogP) is 3.63. The molecule has 0 atom stereocenters. The van der Waals surface area contributed by atoms with Crippen molar-refractivity contribution >= 4 is 11.6 Å². The van der Waals surface area contributed by atoms with Crippen molar-refractivity contribution in [1.82, 2.24) is 14.9 Å². The summed E-state index contributed by atoms with van der Waals surface area (Å²) in [5, 5.41) is 8.68. The molecule has 1 aliphatic heterocycles. The number of anilines is 1. The van der Waals surface area contributed by atoms with Gasteiger partial charge in [0.2, 0.25) is 0 Å². The summed E-state index contributed by atoms with van der Waals surface area (Å²) in [6, 6.07) is 10.5. The van der Waals surface area contributed by atoms with E-state index in [1.165, 1.54) is 5.56 Å². The minimum absolute atomic E-state index is 0.345. The number of aryl methyl sites for hydroxylation is 1. The van der Waals surface area contributed by atoms with Crippen LogP contribution in [0.25, 0.3) is 0 Å². The average molecular weight is 413 g/mol. The maximum atomic E-state index is 5.88. The van der Waals surface area contributed by atoms with Gasteiger partial charge in [0.15, 0.2) is 5.82 Å². The zero-order valence-corrected chi connectivity index (χ0v) is 18.3. The third-order valence-corrected chi connectivity index (χ3v) is 5.02. The number of aromatic nitrogens is 2. The van der Waals surface area contributed by atoms with Crippen molar-refractivity contribution in [2.75, 3.05) is 57.4 Å². The van der Waals surface area contributed by atoms with Crippen LogP contribution in [0.1, 0.15) is 25.0 Å². The van der Waals surface area contributed by atoms with Gasteiger partial charge in [-0.15, -0.1) is 5.11 Å². The maximum absolute atomic E-state index is 5.88. The Morgan fingerprint density at radius 2 is 1.93 bits per heavy atom. The highest BCUT2D eigenvalue weighted by Crippen LogP contribution is 2.22. The fourth-order valence-corrected chi connectivity index (χ4v) is 3.32. The standard InChI is InChI=1S/C22H32N6O2/c1-4-28(5-2)21-16-20(26-23-17-19-8-6-7-18(3)15-19)24-22(25-21)30-14-11-27-9-12-29-13-10-27/h6-8,15-16H,4-5,9-14,17H2,1-3H3. The molecule has 1 aromatic heterocycles. The van der Waals surface area contributed by atoms with Gasteiger partial charge in [0.05, 0.1) is 19.8 Å². The van der Waals surface area contributed by atoms with E-state index in [-0.39, 0.29) is 0 Å². The van der Waals surface area contributed by atoms with E-state index >= 15 is 0 Å². The van der Waals surface area contributed by atoms with Crippen molar-refractivity contribution in [3.05, 3.63) is 41.5 Å². The van der Waals surface area contributed by atoms with Gasteiger partial charge in [0.25, 0.3) is 0 Å². The molecule has 30 heavy (non-hydrogen) atoms. The number of rotatable bonds is 10. The summed E-state index contributed by atoms with van der Waals surface area (Å²) in [7, 11) is 0. The minimum atomic E-state index is 0.345. The van der Waals surface area contributed by atoms with E-state index in [1.807, 2.05) is 18.2 Å². The monoisotopic (exact) mass is 412 g/mol. The molecule has 8 nitrogen and oxygen atoms in total. The van der Waals surface area contributed by atoms with E-state index in [0.29, 0.717) is 25.0 Å². The Bertz CT molecular complexity index is 819. The summed E-state index contributed by atoms with van der Waals surface area (Å²) >= 11 is 0. The van der Waals surface area contributed by atoms with Crippen LogP contribution in [0.3, 0.4) is 0 Å². The van der Waals surface area contributed by atoms with Crippen LogP contribution in [0.15, 0.2) is 40.6 Å². The van der Waals surface area contributed by atoms with Crippen LogP contribution >= 0.6 is 0 Å². The molecule has 1 fully saturated rings. The van der Waals surface area contributed by atoms with E-state index in [0.717, 1.165) is 57.3 Å². The van der Waals surface area contributed by atoms with Gasteiger partial charge in [0, 0.05) is 38.8 Å². The normalized spacial score (nSPS) is 14.9. The summed E-state index contributed by atoms with van der Waals surface area (Å²) in [6.07, 6.45) is 0. The van der Waals surface area contributed by atoms with E-state index in [4.69, 9.17) is 9.47 Å². The van der Waals surface area contributed by atoms with Gasteiger partial charge >= 0.3 is 6.01 Å². The average Bonchev–Trinajstić information content (AvgIpc) is 2.75. The lowest BCUT2D eigenvalue weighted by Gasteiger charge is -2.26. The van der Waals surface area contributed by atoms with E-state index in [1.54, 1.807) is 0 Å². The second-order valence-corrected chi connectivity index (χ2v) is 7.23. The first kappa shape index (κ1) is 22.1. The number of hydrogen-bond acceptors (Lipinski definition) is 8. The molecule has 0 spiro atoms. The molecule has 0 aliphatic carbocycles. The van der Waals surface area contributed by atoms with E-state index in [9.17, 15) is 0 Å². The van der Waals surface area contributed by atoms with Gasteiger partial charge in [-0.3, -0.25) is 4.90 Å². The fourth-order valence-electron chi connectivity index (χ4n) is 3.32. The van der Waals surface area contributed by atoms with E-state index in [2.05, 4.69) is 62.9 Å². The summed E-state index contributed by atoms with van der Waals surface area (Å²) in [6.45, 7) is 13.3. The van der Waals surface area contributed by atoms with Crippen molar-refractivity contribution in [2.24, 2.45) is 10.2 Å². The molecule has 0 bridgehead atoms. The molecule has 1 aliphatic rings. The molecule has 1 aromatic carbocycles. The second-order valence-electron chi connectivity index (χ2n) is 7.23. The van der Waals surface area contributed by atoms with Gasteiger partial charge in [-0.1, -0.05) is 29.8 Å². The van der Waals surface area contributed by atoms with Gasteiger partial charge in [-0.05, 0) is 26.3 Å². The lowest BCUT2D eigenvalue weighted by Crippen LogP contribution is -2.38.